The van der Waals surface area contributed by atoms with Gasteiger partial charge < -0.3 is 13.9 Å². The molecule has 2 saturated carbocycles. The minimum atomic E-state index is -2.84. The van der Waals surface area contributed by atoms with E-state index in [9.17, 15) is 17.8 Å². The number of rotatable bonds is 5. The minimum Gasteiger partial charge on any atom is -0.438 e. The van der Waals surface area contributed by atoms with Crippen LogP contribution in [0.25, 0.3) is 0 Å². The summed E-state index contributed by atoms with van der Waals surface area (Å²) in [6, 6.07) is 0.420. The molecule has 0 atom stereocenters. The Labute approximate surface area is 168 Å². The summed E-state index contributed by atoms with van der Waals surface area (Å²) in [5.41, 5.74) is 5.14. The molecule has 0 aromatic carbocycles. The summed E-state index contributed by atoms with van der Waals surface area (Å²) in [5, 5.41) is 6.20. The van der Waals surface area contributed by atoms with Crippen LogP contribution < -0.4 is 5.32 Å². The lowest BCUT2D eigenvalue weighted by atomic mass is 9.98. The van der Waals surface area contributed by atoms with E-state index in [1.165, 1.54) is 6.07 Å². The summed E-state index contributed by atoms with van der Waals surface area (Å²) < 4.78 is 41.6. The van der Waals surface area contributed by atoms with E-state index in [0.29, 0.717) is 16.5 Å². The van der Waals surface area contributed by atoms with Crippen LogP contribution in [-0.4, -0.2) is 20.8 Å². The topological polar surface area (TPSA) is 89.2 Å². The molecule has 0 radical (unpaired) electrons. The fourth-order valence-corrected chi connectivity index (χ4v) is 4.62. The van der Waals surface area contributed by atoms with Crippen LogP contribution in [0.1, 0.15) is 73.0 Å². The van der Waals surface area contributed by atoms with Gasteiger partial charge in [-0.2, -0.15) is 13.9 Å². The second-order valence-corrected chi connectivity index (χ2v) is 8.89. The Kier molecular flexibility index (Phi) is 4.60. The maximum absolute atomic E-state index is 12.6. The van der Waals surface area contributed by atoms with Gasteiger partial charge in [-0.15, -0.1) is 10.6 Å². The summed E-state index contributed by atoms with van der Waals surface area (Å²) >= 11 is 0. The molecule has 1 N–H and O–H groups in total. The van der Waals surface area contributed by atoms with Crippen molar-refractivity contribution in [3.05, 3.63) is 34.8 Å². The minimum absolute atomic E-state index is 0.179. The number of hydrogen-bond donors (Lipinski definition) is 1. The second-order valence-electron chi connectivity index (χ2n) is 7.80. The SMILES string of the molecule is O=C(N=[S-](=O)c1ccn(C(F)F)n1)Nc1c2c(nc(C3CC3)c1C1CC1)CCC2. The van der Waals surface area contributed by atoms with Gasteiger partial charge in [0.1, 0.15) is 0 Å². The maximum Gasteiger partial charge on any atom is 0.333 e. The number of fused-ring (bicyclic) bond motifs is 1. The monoisotopic (exact) mass is 420 g/mol. The molecule has 0 bridgehead atoms. The molecule has 0 saturated heterocycles. The first-order chi connectivity index (χ1) is 14.0. The van der Waals surface area contributed by atoms with Crippen molar-refractivity contribution in [2.75, 3.05) is 5.32 Å². The molecule has 29 heavy (non-hydrogen) atoms. The Balaban J connectivity index is 1.46. The number of anilines is 1. The van der Waals surface area contributed by atoms with E-state index in [1.807, 2.05) is 0 Å². The van der Waals surface area contributed by atoms with E-state index in [-0.39, 0.29) is 5.03 Å². The van der Waals surface area contributed by atoms with E-state index in [4.69, 9.17) is 4.98 Å². The molecule has 2 heterocycles. The van der Waals surface area contributed by atoms with Gasteiger partial charge >= 0.3 is 12.6 Å². The van der Waals surface area contributed by atoms with Gasteiger partial charge in [0.15, 0.2) is 0 Å². The van der Waals surface area contributed by atoms with Gasteiger partial charge in [-0.25, -0.2) is 9.48 Å². The highest BCUT2D eigenvalue weighted by Crippen LogP contribution is 2.52. The van der Waals surface area contributed by atoms with Crippen molar-refractivity contribution in [2.24, 2.45) is 4.36 Å². The summed E-state index contributed by atoms with van der Waals surface area (Å²) in [6.45, 7) is -2.84. The van der Waals surface area contributed by atoms with Crippen molar-refractivity contribution in [3.8, 4) is 0 Å². The number of hydrogen-bond acceptors (Lipinski definition) is 5. The number of urea groups is 1. The standard InChI is InChI=1S/C19H20F2N5O2S/c20-18(21)26-9-8-14(24-26)29(28)25-19(27)23-17-12-2-1-3-13(12)22-16(11-6-7-11)15(17)10-4-5-10/h8-11,18H,1-7H2,(H,22,23,27)/q-1. The summed E-state index contributed by atoms with van der Waals surface area (Å²) in [6.07, 6.45) is 8.17. The van der Waals surface area contributed by atoms with E-state index in [0.717, 1.165) is 79.3 Å². The van der Waals surface area contributed by atoms with Crippen molar-refractivity contribution in [1.82, 2.24) is 14.8 Å². The number of aromatic nitrogens is 3. The molecular weight excluding hydrogens is 400 g/mol. The van der Waals surface area contributed by atoms with Crippen LogP contribution in [0.5, 0.6) is 0 Å². The smallest absolute Gasteiger partial charge is 0.333 e. The fourth-order valence-electron chi connectivity index (χ4n) is 3.99. The molecule has 0 spiro atoms. The van der Waals surface area contributed by atoms with E-state index < -0.39 is 23.2 Å². The Bertz CT molecular complexity index is 1070. The predicted octanol–water partition coefficient (Wildman–Crippen LogP) is 4.66. The number of pyridine rings is 1. The molecule has 10 heteroatoms. The Morgan fingerprint density at radius 1 is 1.24 bits per heavy atom. The number of carbonyl (C=O) groups is 1. The third-order valence-corrected chi connectivity index (χ3v) is 6.51. The van der Waals surface area contributed by atoms with Crippen molar-refractivity contribution in [3.63, 3.8) is 0 Å². The van der Waals surface area contributed by atoms with E-state index >= 15 is 0 Å². The molecule has 2 aromatic rings. The number of alkyl halides is 2. The lowest BCUT2D eigenvalue weighted by molar-refractivity contribution is 0.0554. The number of carbonyl (C=O) groups excluding carboxylic acids is 1. The molecular formula is C19H20F2N5O2S-. The van der Waals surface area contributed by atoms with Crippen LogP contribution >= 0.6 is 0 Å². The average Bonchev–Trinajstić information content (AvgIpc) is 3.60. The highest BCUT2D eigenvalue weighted by atomic mass is 32.2. The number of amides is 2. The van der Waals surface area contributed by atoms with Crippen LogP contribution in [0, 0.1) is 0 Å². The third kappa shape index (κ3) is 3.65. The van der Waals surface area contributed by atoms with Crippen LogP contribution in [0.4, 0.5) is 19.3 Å². The van der Waals surface area contributed by atoms with Crippen LogP contribution in [-0.2, 0) is 27.6 Å². The van der Waals surface area contributed by atoms with Crippen molar-refractivity contribution in [2.45, 2.75) is 68.4 Å². The normalized spacial score (nSPS) is 19.6. The largest absolute Gasteiger partial charge is 0.438 e. The highest BCUT2D eigenvalue weighted by molar-refractivity contribution is 7.75. The lowest BCUT2D eigenvalue weighted by Crippen LogP contribution is -2.14. The summed E-state index contributed by atoms with van der Waals surface area (Å²) in [5.74, 6) is 0.878. The highest BCUT2D eigenvalue weighted by Gasteiger charge is 2.38. The lowest BCUT2D eigenvalue weighted by Gasteiger charge is -2.18. The number of nitrogens with zero attached hydrogens (tertiary/aromatic N) is 4. The first-order valence-corrected chi connectivity index (χ1v) is 11.0. The van der Waals surface area contributed by atoms with Crippen LogP contribution in [0.15, 0.2) is 21.7 Å². The molecule has 2 aromatic heterocycles. The van der Waals surface area contributed by atoms with Gasteiger partial charge in [-0.1, -0.05) is 0 Å². The van der Waals surface area contributed by atoms with Gasteiger partial charge in [-0.05, 0) is 62.5 Å². The number of halogens is 2. The Morgan fingerprint density at radius 3 is 2.66 bits per heavy atom. The summed E-state index contributed by atoms with van der Waals surface area (Å²) in [4.78, 5) is 17.5. The molecule has 3 aliphatic rings. The third-order valence-electron chi connectivity index (χ3n) is 5.60. The quantitative estimate of drug-likeness (QED) is 0.713. The van der Waals surface area contributed by atoms with Gasteiger partial charge in [0.25, 0.3) is 0 Å². The Morgan fingerprint density at radius 2 is 2.00 bits per heavy atom. The summed E-state index contributed by atoms with van der Waals surface area (Å²) in [7, 11) is -2.15. The van der Waals surface area contributed by atoms with E-state index in [1.54, 1.807) is 0 Å². The van der Waals surface area contributed by atoms with Gasteiger partial charge in [0.05, 0.1) is 5.69 Å². The zero-order chi connectivity index (χ0) is 20.1. The predicted molar refractivity (Wildman–Crippen MR) is 101 cm³/mol. The maximum atomic E-state index is 12.6. The zero-order valence-corrected chi connectivity index (χ0v) is 16.4. The fraction of sp³-hybridized carbons (Fsp3) is 0.526. The molecule has 7 nitrogen and oxygen atoms in total. The number of aryl methyl sites for hydroxylation is 1. The molecule has 0 unspecified atom stereocenters. The molecule has 154 valence electrons. The molecule has 3 aliphatic carbocycles. The van der Waals surface area contributed by atoms with Crippen molar-refractivity contribution < 1.29 is 17.8 Å². The van der Waals surface area contributed by atoms with Crippen molar-refractivity contribution in [1.29, 1.82) is 0 Å². The first-order valence-electron chi connectivity index (χ1n) is 9.84. The van der Waals surface area contributed by atoms with Gasteiger partial charge in [0, 0.05) is 34.1 Å². The van der Waals surface area contributed by atoms with E-state index in [2.05, 4.69) is 14.8 Å². The number of nitrogens with one attached hydrogen (secondary N) is 1. The molecule has 0 aliphatic heterocycles. The van der Waals surface area contributed by atoms with Gasteiger partial charge in [-0.3, -0.25) is 4.98 Å². The van der Waals surface area contributed by atoms with Crippen LogP contribution in [0.2, 0.25) is 0 Å². The Hall–Kier alpha value is -2.36. The zero-order valence-electron chi connectivity index (χ0n) is 15.6. The first kappa shape index (κ1) is 18.7. The van der Waals surface area contributed by atoms with Crippen LogP contribution in [0.3, 0.4) is 0 Å². The second kappa shape index (κ2) is 7.16. The molecule has 5 rings (SSSR count). The molecule has 2 amide bonds. The van der Waals surface area contributed by atoms with Crippen molar-refractivity contribution >= 4 is 22.3 Å². The molecule has 2 fully saturated rings. The van der Waals surface area contributed by atoms with Gasteiger partial charge in [0.2, 0.25) is 0 Å². The average molecular weight is 420 g/mol.